The number of hydrogen-bond donors (Lipinski definition) is 0. The zero-order valence-corrected chi connectivity index (χ0v) is 8.75. The van der Waals surface area contributed by atoms with Gasteiger partial charge in [-0.1, -0.05) is 38.2 Å². The third-order valence-electron chi connectivity index (χ3n) is 1.79. The van der Waals surface area contributed by atoms with Crippen LogP contribution in [0.15, 0.2) is 24.3 Å². The molecule has 0 unspecified atom stereocenters. The van der Waals surface area contributed by atoms with Gasteiger partial charge in [0.05, 0.1) is 0 Å². The van der Waals surface area contributed by atoms with Crippen LogP contribution in [0.1, 0.15) is 27.7 Å². The molecule has 70 valence electrons. The fourth-order valence-electron chi connectivity index (χ4n) is 1.05. The van der Waals surface area contributed by atoms with Crippen molar-refractivity contribution in [1.29, 1.82) is 0 Å². The van der Waals surface area contributed by atoms with Crippen molar-refractivity contribution < 1.29 is 0 Å². The van der Waals surface area contributed by atoms with Gasteiger partial charge < -0.3 is 0 Å². The molecular weight excluding hydrogens is 146 g/mol. The van der Waals surface area contributed by atoms with Crippen molar-refractivity contribution in [2.24, 2.45) is 0 Å². The lowest BCUT2D eigenvalue weighted by Gasteiger charge is -2.22. The van der Waals surface area contributed by atoms with Gasteiger partial charge in [0.15, 0.2) is 0 Å². The summed E-state index contributed by atoms with van der Waals surface area (Å²) in [5, 5.41) is 0. The summed E-state index contributed by atoms with van der Waals surface area (Å²) in [6.07, 6.45) is 8.62. The average Bonchev–Trinajstić information content (AvgIpc) is 2.35. The molecule has 0 saturated heterocycles. The Balaban J connectivity index is 0.000000561. The number of hydrogen-bond acceptors (Lipinski definition) is 1. The predicted octanol–water partition coefficient (Wildman–Crippen LogP) is 2.85. The predicted molar refractivity (Wildman–Crippen MR) is 56.3 cm³/mol. The molecule has 0 aromatic heterocycles. The summed E-state index contributed by atoms with van der Waals surface area (Å²) in [5.74, 6) is 0. The number of rotatable bonds is 1. The second-order valence-electron chi connectivity index (χ2n) is 2.90. The van der Waals surface area contributed by atoms with Gasteiger partial charge in [-0.05, 0) is 13.8 Å². The van der Waals surface area contributed by atoms with Gasteiger partial charge in [0.2, 0.25) is 0 Å². The van der Waals surface area contributed by atoms with E-state index in [0.29, 0.717) is 6.04 Å². The summed E-state index contributed by atoms with van der Waals surface area (Å²) >= 11 is 0. The van der Waals surface area contributed by atoms with Crippen LogP contribution < -0.4 is 0 Å². The van der Waals surface area contributed by atoms with E-state index in [1.807, 2.05) is 13.8 Å². The Morgan fingerprint density at radius 2 is 1.42 bits per heavy atom. The Kier molecular flexibility index (Phi) is 6.78. The first-order valence-electron chi connectivity index (χ1n) is 4.86. The fourth-order valence-corrected chi connectivity index (χ4v) is 1.05. The zero-order chi connectivity index (χ0) is 9.40. The quantitative estimate of drug-likeness (QED) is 0.580. The maximum Gasteiger partial charge on any atom is 0.0172 e. The summed E-state index contributed by atoms with van der Waals surface area (Å²) in [6, 6.07) is 0.660. The molecule has 0 fully saturated rings. The molecule has 0 bridgehead atoms. The van der Waals surface area contributed by atoms with E-state index in [2.05, 4.69) is 43.1 Å². The summed E-state index contributed by atoms with van der Waals surface area (Å²) < 4.78 is 0. The van der Waals surface area contributed by atoms with E-state index in [1.54, 1.807) is 0 Å². The SMILES string of the molecule is CC.CC(C)N1CC=CC=CC1. The molecule has 0 saturated carbocycles. The second kappa shape index (κ2) is 7.11. The van der Waals surface area contributed by atoms with Crippen LogP contribution in [0.25, 0.3) is 0 Å². The van der Waals surface area contributed by atoms with Crippen LogP contribution in [0.3, 0.4) is 0 Å². The Labute approximate surface area is 76.8 Å². The molecule has 0 atom stereocenters. The van der Waals surface area contributed by atoms with Gasteiger partial charge in [0.1, 0.15) is 0 Å². The van der Waals surface area contributed by atoms with Crippen molar-refractivity contribution in [3.63, 3.8) is 0 Å². The summed E-state index contributed by atoms with van der Waals surface area (Å²) in [5.41, 5.74) is 0. The molecule has 0 spiro atoms. The van der Waals surface area contributed by atoms with Gasteiger partial charge >= 0.3 is 0 Å². The van der Waals surface area contributed by atoms with Crippen LogP contribution in [0.4, 0.5) is 0 Å². The molecule has 1 aliphatic heterocycles. The van der Waals surface area contributed by atoms with Gasteiger partial charge in [0.25, 0.3) is 0 Å². The molecule has 1 rings (SSSR count). The van der Waals surface area contributed by atoms with Gasteiger partial charge in [-0.25, -0.2) is 0 Å². The topological polar surface area (TPSA) is 3.24 Å². The lowest BCUT2D eigenvalue weighted by atomic mass is 10.3. The monoisotopic (exact) mass is 167 g/mol. The standard InChI is InChI=1S/C9H15N.C2H6/c1-9(2)10-7-5-3-4-6-8-10;1-2/h3-6,9H,7-8H2,1-2H3;1-2H3. The molecule has 12 heavy (non-hydrogen) atoms. The molecule has 0 aromatic carbocycles. The van der Waals surface area contributed by atoms with Crippen LogP contribution in [-0.2, 0) is 0 Å². The molecule has 0 radical (unpaired) electrons. The van der Waals surface area contributed by atoms with Crippen molar-refractivity contribution in [2.75, 3.05) is 13.1 Å². The van der Waals surface area contributed by atoms with Crippen LogP contribution >= 0.6 is 0 Å². The van der Waals surface area contributed by atoms with Crippen LogP contribution in [0.2, 0.25) is 0 Å². The summed E-state index contributed by atoms with van der Waals surface area (Å²) in [7, 11) is 0. The molecule has 0 N–H and O–H groups in total. The first kappa shape index (κ1) is 11.4. The van der Waals surface area contributed by atoms with Gasteiger partial charge in [-0.2, -0.15) is 0 Å². The molecule has 1 heterocycles. The first-order valence-corrected chi connectivity index (χ1v) is 4.86. The highest BCUT2D eigenvalue weighted by atomic mass is 15.1. The van der Waals surface area contributed by atoms with E-state index in [0.717, 1.165) is 13.1 Å². The first-order chi connectivity index (χ1) is 5.80. The maximum atomic E-state index is 2.42. The van der Waals surface area contributed by atoms with Crippen LogP contribution in [0.5, 0.6) is 0 Å². The van der Waals surface area contributed by atoms with Gasteiger partial charge in [-0.3, -0.25) is 4.90 Å². The average molecular weight is 167 g/mol. The minimum Gasteiger partial charge on any atom is -0.294 e. The van der Waals surface area contributed by atoms with Crippen LogP contribution in [0, 0.1) is 0 Å². The Morgan fingerprint density at radius 1 is 1.00 bits per heavy atom. The van der Waals surface area contributed by atoms with Crippen molar-refractivity contribution in [3.8, 4) is 0 Å². The van der Waals surface area contributed by atoms with Crippen molar-refractivity contribution in [2.45, 2.75) is 33.7 Å². The van der Waals surface area contributed by atoms with Crippen LogP contribution in [-0.4, -0.2) is 24.0 Å². The minimum absolute atomic E-state index is 0.660. The summed E-state index contributed by atoms with van der Waals surface area (Å²) in [6.45, 7) is 10.6. The van der Waals surface area contributed by atoms with Gasteiger partial charge in [-0.15, -0.1) is 0 Å². The normalized spacial score (nSPS) is 17.1. The Bertz CT molecular complexity index is 131. The molecule has 0 amide bonds. The van der Waals surface area contributed by atoms with E-state index in [1.165, 1.54) is 0 Å². The Morgan fingerprint density at radius 3 is 1.75 bits per heavy atom. The Hall–Kier alpha value is -0.560. The molecule has 0 aromatic rings. The highest BCUT2D eigenvalue weighted by molar-refractivity contribution is 5.07. The van der Waals surface area contributed by atoms with Gasteiger partial charge in [0, 0.05) is 19.1 Å². The molecular formula is C11H21N. The van der Waals surface area contributed by atoms with Crippen molar-refractivity contribution >= 4 is 0 Å². The third kappa shape index (κ3) is 4.35. The lowest BCUT2D eigenvalue weighted by molar-refractivity contribution is 0.274. The van der Waals surface area contributed by atoms with E-state index in [-0.39, 0.29) is 0 Å². The van der Waals surface area contributed by atoms with E-state index in [9.17, 15) is 0 Å². The number of allylic oxidation sites excluding steroid dienone is 2. The fraction of sp³-hybridized carbons (Fsp3) is 0.636. The molecule has 1 aliphatic rings. The highest BCUT2D eigenvalue weighted by Gasteiger charge is 2.05. The second-order valence-corrected chi connectivity index (χ2v) is 2.90. The molecule has 1 nitrogen and oxygen atoms in total. The third-order valence-corrected chi connectivity index (χ3v) is 1.79. The summed E-state index contributed by atoms with van der Waals surface area (Å²) in [4.78, 5) is 2.42. The van der Waals surface area contributed by atoms with E-state index in [4.69, 9.17) is 0 Å². The maximum absolute atomic E-state index is 2.42. The van der Waals surface area contributed by atoms with E-state index < -0.39 is 0 Å². The smallest absolute Gasteiger partial charge is 0.0172 e. The van der Waals surface area contributed by atoms with Crippen molar-refractivity contribution in [3.05, 3.63) is 24.3 Å². The minimum atomic E-state index is 0.660. The molecule has 0 aliphatic carbocycles. The number of nitrogens with zero attached hydrogens (tertiary/aromatic N) is 1. The largest absolute Gasteiger partial charge is 0.294 e. The van der Waals surface area contributed by atoms with Crippen molar-refractivity contribution in [1.82, 2.24) is 4.90 Å². The zero-order valence-electron chi connectivity index (χ0n) is 8.75. The van der Waals surface area contributed by atoms with E-state index >= 15 is 0 Å². The highest BCUT2D eigenvalue weighted by Crippen LogP contribution is 2.00. The lowest BCUT2D eigenvalue weighted by Crippen LogP contribution is -2.30. The molecule has 1 heteroatoms.